The molecule has 27 heavy (non-hydrogen) atoms. The minimum absolute atomic E-state index is 0.106. The second-order valence-electron chi connectivity index (χ2n) is 5.95. The van der Waals surface area contributed by atoms with Crippen molar-refractivity contribution in [2.45, 2.75) is 18.7 Å². The molecule has 3 rings (SSSR count). The number of para-hydroxylation sites is 1. The van der Waals surface area contributed by atoms with Gasteiger partial charge in [0.25, 0.3) is 5.91 Å². The van der Waals surface area contributed by atoms with Crippen molar-refractivity contribution >= 4 is 32.5 Å². The molecule has 0 aliphatic rings. The maximum Gasteiger partial charge on any atom is 0.255 e. The van der Waals surface area contributed by atoms with E-state index >= 15 is 0 Å². The number of hydrogen-bond acceptors (Lipinski definition) is 4. The van der Waals surface area contributed by atoms with Gasteiger partial charge in [-0.25, -0.2) is 8.42 Å². The minimum atomic E-state index is -3.62. The van der Waals surface area contributed by atoms with Crippen molar-refractivity contribution < 1.29 is 13.2 Å². The van der Waals surface area contributed by atoms with E-state index in [1.807, 2.05) is 24.3 Å². The topological polar surface area (TPSA) is 79.4 Å². The molecule has 0 aliphatic carbocycles. The summed E-state index contributed by atoms with van der Waals surface area (Å²) in [4.78, 5) is 17.1. The number of nitrogens with one attached hydrogen (secondary N) is 1. The summed E-state index contributed by atoms with van der Waals surface area (Å²) in [6.07, 6.45) is 1.66. The van der Waals surface area contributed by atoms with E-state index in [2.05, 4.69) is 10.3 Å². The Morgan fingerprint density at radius 1 is 1.04 bits per heavy atom. The number of nitrogens with zero attached hydrogens (tertiary/aromatic N) is 2. The van der Waals surface area contributed by atoms with Crippen molar-refractivity contribution in [2.75, 3.05) is 18.4 Å². The molecule has 2 aromatic carbocycles. The lowest BCUT2D eigenvalue weighted by atomic mass is 10.1. The lowest BCUT2D eigenvalue weighted by Crippen LogP contribution is -2.30. The monoisotopic (exact) mass is 383 g/mol. The van der Waals surface area contributed by atoms with Crippen molar-refractivity contribution in [1.82, 2.24) is 9.29 Å². The fourth-order valence-corrected chi connectivity index (χ4v) is 4.41. The number of anilines is 1. The molecule has 0 radical (unpaired) electrons. The van der Waals surface area contributed by atoms with E-state index in [0.29, 0.717) is 24.3 Å². The molecule has 0 saturated heterocycles. The molecule has 0 fully saturated rings. The Morgan fingerprint density at radius 3 is 2.48 bits per heavy atom. The van der Waals surface area contributed by atoms with Crippen molar-refractivity contribution in [3.05, 3.63) is 66.4 Å². The third kappa shape index (κ3) is 3.84. The molecule has 1 heterocycles. The van der Waals surface area contributed by atoms with Gasteiger partial charge in [-0.15, -0.1) is 0 Å². The smallest absolute Gasteiger partial charge is 0.255 e. The normalized spacial score (nSPS) is 11.7. The number of pyridine rings is 1. The Labute approximate surface area is 158 Å². The first-order valence-electron chi connectivity index (χ1n) is 8.72. The van der Waals surface area contributed by atoms with Gasteiger partial charge in [0, 0.05) is 30.2 Å². The molecule has 0 spiro atoms. The van der Waals surface area contributed by atoms with Crippen molar-refractivity contribution in [3.8, 4) is 0 Å². The second-order valence-corrected chi connectivity index (χ2v) is 7.89. The van der Waals surface area contributed by atoms with E-state index in [0.717, 1.165) is 5.39 Å². The van der Waals surface area contributed by atoms with Gasteiger partial charge in [-0.3, -0.25) is 9.78 Å². The van der Waals surface area contributed by atoms with Crippen molar-refractivity contribution in [1.29, 1.82) is 0 Å². The van der Waals surface area contributed by atoms with E-state index < -0.39 is 10.0 Å². The molecule has 0 saturated carbocycles. The fraction of sp³-hybridized carbons (Fsp3) is 0.200. The van der Waals surface area contributed by atoms with E-state index in [1.165, 1.54) is 16.4 Å². The molecule has 0 atom stereocenters. The van der Waals surface area contributed by atoms with Crippen LogP contribution in [-0.2, 0) is 10.0 Å². The Hall–Kier alpha value is -2.77. The minimum Gasteiger partial charge on any atom is -0.320 e. The van der Waals surface area contributed by atoms with Crippen LogP contribution in [0, 0.1) is 0 Å². The van der Waals surface area contributed by atoms with E-state index in [9.17, 15) is 13.2 Å². The number of hydrogen-bond donors (Lipinski definition) is 1. The molecule has 3 aromatic rings. The number of carbonyl (C=O) groups is 1. The van der Waals surface area contributed by atoms with Crippen LogP contribution in [0.1, 0.15) is 24.2 Å². The Kier molecular flexibility index (Phi) is 5.53. The van der Waals surface area contributed by atoms with Gasteiger partial charge in [-0.1, -0.05) is 38.1 Å². The zero-order chi connectivity index (χ0) is 19.4. The number of carbonyl (C=O) groups excluding carboxylic acids is 1. The van der Waals surface area contributed by atoms with Crippen molar-refractivity contribution in [2.24, 2.45) is 0 Å². The third-order valence-corrected chi connectivity index (χ3v) is 6.37. The van der Waals surface area contributed by atoms with Gasteiger partial charge in [-0.2, -0.15) is 4.31 Å². The number of amides is 1. The van der Waals surface area contributed by atoms with Gasteiger partial charge in [0.1, 0.15) is 0 Å². The highest BCUT2D eigenvalue weighted by Crippen LogP contribution is 2.22. The summed E-state index contributed by atoms with van der Waals surface area (Å²) >= 11 is 0. The number of benzene rings is 2. The summed E-state index contributed by atoms with van der Waals surface area (Å²) in [5, 5.41) is 3.74. The Balaban J connectivity index is 1.92. The van der Waals surface area contributed by atoms with Crippen LogP contribution in [0.3, 0.4) is 0 Å². The second kappa shape index (κ2) is 7.85. The molecule has 0 aliphatic heterocycles. The highest BCUT2D eigenvalue weighted by atomic mass is 32.2. The number of rotatable bonds is 6. The van der Waals surface area contributed by atoms with Crippen LogP contribution in [0.15, 0.2) is 65.7 Å². The van der Waals surface area contributed by atoms with Crippen molar-refractivity contribution in [3.63, 3.8) is 0 Å². The number of fused-ring (bicyclic) bond motifs is 1. The van der Waals surface area contributed by atoms with Crippen LogP contribution in [-0.4, -0.2) is 36.7 Å². The summed E-state index contributed by atoms with van der Waals surface area (Å²) in [6, 6.07) is 15.3. The average molecular weight is 383 g/mol. The van der Waals surface area contributed by atoms with Crippen LogP contribution >= 0.6 is 0 Å². The van der Waals surface area contributed by atoms with Crippen LogP contribution in [0.25, 0.3) is 10.9 Å². The molecular weight excluding hydrogens is 362 g/mol. The summed E-state index contributed by atoms with van der Waals surface area (Å²) in [7, 11) is -3.62. The first kappa shape index (κ1) is 19.0. The summed E-state index contributed by atoms with van der Waals surface area (Å²) in [6.45, 7) is 4.31. The van der Waals surface area contributed by atoms with Gasteiger partial charge in [0.05, 0.1) is 16.1 Å². The maximum atomic E-state index is 12.7. The standard InChI is InChI=1S/C20H21N3O3S/c1-3-23(4-2)27(25,26)17-11-5-9-16(14-17)20(24)22-18-12-6-8-15-10-7-13-21-19(15)18/h5-14H,3-4H2,1-2H3,(H,22,24). The lowest BCUT2D eigenvalue weighted by molar-refractivity contribution is 0.102. The quantitative estimate of drug-likeness (QED) is 0.706. The summed E-state index contributed by atoms with van der Waals surface area (Å²) in [5.41, 5.74) is 1.53. The van der Waals surface area contributed by atoms with Crippen LogP contribution in [0.5, 0.6) is 0 Å². The molecule has 1 aromatic heterocycles. The third-order valence-electron chi connectivity index (χ3n) is 4.32. The predicted octanol–water partition coefficient (Wildman–Crippen LogP) is 3.52. The zero-order valence-corrected chi connectivity index (χ0v) is 16.0. The molecule has 0 bridgehead atoms. The van der Waals surface area contributed by atoms with Gasteiger partial charge < -0.3 is 5.32 Å². The summed E-state index contributed by atoms with van der Waals surface area (Å²) < 4.78 is 26.7. The molecule has 0 unspecified atom stereocenters. The molecular formula is C20H21N3O3S. The predicted molar refractivity (Wildman–Crippen MR) is 106 cm³/mol. The SMILES string of the molecule is CCN(CC)S(=O)(=O)c1cccc(C(=O)Nc2cccc3cccnc23)c1. The van der Waals surface area contributed by atoms with Crippen LogP contribution in [0.4, 0.5) is 5.69 Å². The number of aromatic nitrogens is 1. The summed E-state index contributed by atoms with van der Waals surface area (Å²) in [5.74, 6) is -0.384. The highest BCUT2D eigenvalue weighted by Gasteiger charge is 2.22. The van der Waals surface area contributed by atoms with Gasteiger partial charge in [-0.05, 0) is 30.3 Å². The van der Waals surface area contributed by atoms with E-state index in [4.69, 9.17) is 0 Å². The van der Waals surface area contributed by atoms with E-state index in [-0.39, 0.29) is 16.4 Å². The van der Waals surface area contributed by atoms with Gasteiger partial charge in [0.15, 0.2) is 0 Å². The molecule has 7 heteroatoms. The molecule has 6 nitrogen and oxygen atoms in total. The fourth-order valence-electron chi connectivity index (χ4n) is 2.91. The zero-order valence-electron chi connectivity index (χ0n) is 15.2. The first-order chi connectivity index (χ1) is 13.0. The van der Waals surface area contributed by atoms with Crippen LogP contribution < -0.4 is 5.32 Å². The molecule has 1 N–H and O–H groups in total. The molecule has 1 amide bonds. The highest BCUT2D eigenvalue weighted by molar-refractivity contribution is 7.89. The van der Waals surface area contributed by atoms with Crippen LogP contribution in [0.2, 0.25) is 0 Å². The Bertz CT molecular complexity index is 1070. The van der Waals surface area contributed by atoms with E-state index in [1.54, 1.807) is 38.2 Å². The average Bonchev–Trinajstić information content (AvgIpc) is 2.69. The number of sulfonamides is 1. The van der Waals surface area contributed by atoms with Gasteiger partial charge >= 0.3 is 0 Å². The Morgan fingerprint density at radius 2 is 1.74 bits per heavy atom. The first-order valence-corrected chi connectivity index (χ1v) is 10.2. The molecule has 140 valence electrons. The lowest BCUT2D eigenvalue weighted by Gasteiger charge is -2.18. The maximum absolute atomic E-state index is 12.7. The largest absolute Gasteiger partial charge is 0.320 e. The van der Waals surface area contributed by atoms with Gasteiger partial charge in [0.2, 0.25) is 10.0 Å².